The Balaban J connectivity index is 2.47. The molecule has 0 atom stereocenters. The van der Waals surface area contributed by atoms with Gasteiger partial charge in [-0.1, -0.05) is 0 Å². The average molecular weight is 296 g/mol. The quantitative estimate of drug-likeness (QED) is 0.621. The maximum Gasteiger partial charge on any atom is 0.228 e. The number of nitrogens with zero attached hydrogens (tertiary/aromatic N) is 3. The molecule has 1 rings (SSSR count). The van der Waals surface area contributed by atoms with E-state index in [1.54, 1.807) is 0 Å². The fourth-order valence-electron chi connectivity index (χ4n) is 1.71. The highest BCUT2D eigenvalue weighted by atomic mass is 35.5. The Morgan fingerprint density at radius 1 is 1.33 bits per heavy atom. The molecule has 0 unspecified atom stereocenters. The van der Waals surface area contributed by atoms with Crippen molar-refractivity contribution in [2.75, 3.05) is 51.1 Å². The van der Waals surface area contributed by atoms with Crippen LogP contribution >= 0.6 is 11.6 Å². The highest BCUT2D eigenvalue weighted by Gasteiger charge is 2.21. The van der Waals surface area contributed by atoms with Crippen LogP contribution in [0.2, 0.25) is 0 Å². The van der Waals surface area contributed by atoms with Crippen molar-refractivity contribution in [2.45, 2.75) is 6.42 Å². The molecule has 1 fully saturated rings. The number of alkyl halides is 1. The predicted molar refractivity (Wildman–Crippen MR) is 68.7 cm³/mol. The van der Waals surface area contributed by atoms with Crippen LogP contribution in [0.3, 0.4) is 0 Å². The number of sulfonamides is 1. The van der Waals surface area contributed by atoms with Crippen LogP contribution in [0.15, 0.2) is 0 Å². The second-order valence-corrected chi connectivity index (χ2v) is 6.54. The maximum absolute atomic E-state index is 11.7. The molecular weight excluding hydrogens is 278 g/mol. The molecule has 0 saturated carbocycles. The zero-order chi connectivity index (χ0) is 13.4. The van der Waals surface area contributed by atoms with Crippen LogP contribution in [0, 0.1) is 11.3 Å². The van der Waals surface area contributed by atoms with Gasteiger partial charge in [0, 0.05) is 39.1 Å². The fourth-order valence-corrected chi connectivity index (χ4v) is 2.99. The third-order valence-electron chi connectivity index (χ3n) is 2.77. The first-order chi connectivity index (χ1) is 8.60. The summed E-state index contributed by atoms with van der Waals surface area (Å²) >= 11 is 5.44. The molecule has 0 aromatic carbocycles. The van der Waals surface area contributed by atoms with Crippen LogP contribution in [0.1, 0.15) is 6.42 Å². The zero-order valence-electron chi connectivity index (χ0n) is 10.2. The number of morpholine rings is 1. The molecule has 1 aliphatic rings. The minimum Gasteiger partial charge on any atom is -0.379 e. The van der Waals surface area contributed by atoms with E-state index in [1.807, 2.05) is 6.07 Å². The van der Waals surface area contributed by atoms with Gasteiger partial charge in [0.15, 0.2) is 0 Å². The van der Waals surface area contributed by atoms with Gasteiger partial charge in [-0.2, -0.15) is 9.57 Å². The minimum atomic E-state index is -3.44. The van der Waals surface area contributed by atoms with Crippen LogP contribution in [-0.2, 0) is 14.8 Å². The molecule has 1 saturated heterocycles. The largest absolute Gasteiger partial charge is 0.379 e. The Morgan fingerprint density at radius 2 is 2.00 bits per heavy atom. The summed E-state index contributed by atoms with van der Waals surface area (Å²) in [5.41, 5.74) is 0. The Morgan fingerprint density at radius 3 is 2.56 bits per heavy atom. The van der Waals surface area contributed by atoms with Crippen molar-refractivity contribution in [3.05, 3.63) is 0 Å². The van der Waals surface area contributed by atoms with E-state index >= 15 is 0 Å². The van der Waals surface area contributed by atoms with Crippen molar-refractivity contribution in [1.29, 1.82) is 5.26 Å². The summed E-state index contributed by atoms with van der Waals surface area (Å²) in [6, 6.07) is 1.95. The van der Waals surface area contributed by atoms with Crippen molar-refractivity contribution in [3.63, 3.8) is 0 Å². The van der Waals surface area contributed by atoms with Crippen LogP contribution in [0.25, 0.3) is 0 Å². The predicted octanol–water partition coefficient (Wildman–Crippen LogP) is 0.0604. The van der Waals surface area contributed by atoms with E-state index in [0.29, 0.717) is 26.3 Å². The van der Waals surface area contributed by atoms with Crippen molar-refractivity contribution in [3.8, 4) is 6.07 Å². The summed E-state index contributed by atoms with van der Waals surface area (Å²) in [5.74, 6) is 0. The number of hydrogen-bond acceptors (Lipinski definition) is 5. The normalized spacial score (nSPS) is 17.8. The topological polar surface area (TPSA) is 73.6 Å². The van der Waals surface area contributed by atoms with Crippen molar-refractivity contribution in [1.82, 2.24) is 9.21 Å². The summed E-state index contributed by atoms with van der Waals surface area (Å²) in [6.07, 6.45) is 0.180. The van der Waals surface area contributed by atoms with Crippen molar-refractivity contribution in [2.24, 2.45) is 0 Å². The molecule has 0 aromatic heterocycles. The van der Waals surface area contributed by atoms with Gasteiger partial charge >= 0.3 is 0 Å². The molecule has 0 bridgehead atoms. The molecule has 104 valence electrons. The highest BCUT2D eigenvalue weighted by Crippen LogP contribution is 2.06. The van der Waals surface area contributed by atoms with Crippen molar-refractivity contribution >= 4 is 21.6 Å². The number of hydrogen-bond donors (Lipinski definition) is 0. The van der Waals surface area contributed by atoms with Gasteiger partial charge in [0.25, 0.3) is 0 Å². The first kappa shape index (κ1) is 15.7. The second-order valence-electron chi connectivity index (χ2n) is 3.98. The van der Waals surface area contributed by atoms with E-state index in [4.69, 9.17) is 21.6 Å². The molecular formula is C10H18ClN3O3S. The number of rotatable bonds is 7. The SMILES string of the molecule is N#CCCN(CCN1CCOCC1)S(=O)(=O)CCl. The van der Waals surface area contributed by atoms with E-state index < -0.39 is 15.2 Å². The molecule has 0 aromatic rings. The van der Waals surface area contributed by atoms with E-state index in [1.165, 1.54) is 4.31 Å². The third kappa shape index (κ3) is 5.08. The Kier molecular flexibility index (Phi) is 6.89. The molecule has 6 nitrogen and oxygen atoms in total. The fraction of sp³-hybridized carbons (Fsp3) is 0.900. The third-order valence-corrected chi connectivity index (χ3v) is 5.03. The van der Waals surface area contributed by atoms with Gasteiger partial charge in [-0.15, -0.1) is 11.6 Å². The molecule has 0 N–H and O–H groups in total. The van der Waals surface area contributed by atoms with Crippen LogP contribution in [0.5, 0.6) is 0 Å². The van der Waals surface area contributed by atoms with Gasteiger partial charge in [-0.25, -0.2) is 8.42 Å². The first-order valence-electron chi connectivity index (χ1n) is 5.81. The number of halogens is 1. The molecule has 0 amide bonds. The van der Waals surface area contributed by atoms with Gasteiger partial charge in [-0.05, 0) is 0 Å². The summed E-state index contributed by atoms with van der Waals surface area (Å²) in [5, 5.41) is 8.10. The summed E-state index contributed by atoms with van der Waals surface area (Å²) < 4.78 is 30.0. The van der Waals surface area contributed by atoms with Crippen molar-refractivity contribution < 1.29 is 13.2 Å². The van der Waals surface area contributed by atoms with Gasteiger partial charge in [0.2, 0.25) is 10.0 Å². The lowest BCUT2D eigenvalue weighted by Crippen LogP contribution is -2.43. The Bertz CT molecular complexity index is 376. The van der Waals surface area contributed by atoms with E-state index in [2.05, 4.69) is 4.90 Å². The first-order valence-corrected chi connectivity index (χ1v) is 7.95. The molecule has 1 heterocycles. The van der Waals surface area contributed by atoms with Gasteiger partial charge in [-0.3, -0.25) is 4.90 Å². The number of ether oxygens (including phenoxy) is 1. The summed E-state index contributed by atoms with van der Waals surface area (Å²) in [4.78, 5) is 2.15. The second kappa shape index (κ2) is 7.92. The molecule has 18 heavy (non-hydrogen) atoms. The molecule has 0 spiro atoms. The summed E-state index contributed by atoms with van der Waals surface area (Å²) in [6.45, 7) is 4.21. The lowest BCUT2D eigenvalue weighted by atomic mass is 10.4. The Hall–Kier alpha value is -0.390. The summed E-state index contributed by atoms with van der Waals surface area (Å²) in [7, 11) is -3.44. The van der Waals surface area contributed by atoms with Gasteiger partial charge < -0.3 is 4.74 Å². The maximum atomic E-state index is 11.7. The molecule has 1 aliphatic heterocycles. The van der Waals surface area contributed by atoms with E-state index in [9.17, 15) is 8.42 Å². The van der Waals surface area contributed by atoms with Crippen LogP contribution < -0.4 is 0 Å². The van der Waals surface area contributed by atoms with Gasteiger partial charge in [0.05, 0.1) is 19.3 Å². The average Bonchev–Trinajstić information content (AvgIpc) is 2.39. The molecule has 0 aliphatic carbocycles. The number of nitriles is 1. The molecule has 8 heteroatoms. The lowest BCUT2D eigenvalue weighted by Gasteiger charge is -2.29. The van der Waals surface area contributed by atoms with Crippen LogP contribution in [0.4, 0.5) is 0 Å². The monoisotopic (exact) mass is 295 g/mol. The lowest BCUT2D eigenvalue weighted by molar-refractivity contribution is 0.0363. The van der Waals surface area contributed by atoms with Crippen LogP contribution in [-0.4, -0.2) is 68.8 Å². The van der Waals surface area contributed by atoms with E-state index in [0.717, 1.165) is 13.1 Å². The minimum absolute atomic E-state index is 0.180. The smallest absolute Gasteiger partial charge is 0.228 e. The highest BCUT2D eigenvalue weighted by molar-refractivity contribution is 7.90. The standard InChI is InChI=1S/C10H18ClN3O3S/c11-10-18(15,16)14(3-1-2-12)5-4-13-6-8-17-9-7-13/h1,3-10H2. The molecule has 0 radical (unpaired) electrons. The van der Waals surface area contributed by atoms with Gasteiger partial charge in [0.1, 0.15) is 5.21 Å². The zero-order valence-corrected chi connectivity index (χ0v) is 11.8. The Labute approximate surface area is 113 Å². The van der Waals surface area contributed by atoms with E-state index in [-0.39, 0.29) is 13.0 Å².